The maximum Gasteiger partial charge on any atom is 0.257 e. The second-order valence-electron chi connectivity index (χ2n) is 10.2. The average molecular weight is 514 g/mol. The summed E-state index contributed by atoms with van der Waals surface area (Å²) in [6.45, 7) is 1.75. The second kappa shape index (κ2) is 11.9. The molecule has 0 aliphatic carbocycles. The zero-order valence-electron chi connectivity index (χ0n) is 21.2. The molecule has 2 heterocycles. The van der Waals surface area contributed by atoms with E-state index in [-0.39, 0.29) is 30.7 Å². The Kier molecular flexibility index (Phi) is 8.66. The highest BCUT2D eigenvalue weighted by Gasteiger charge is 2.39. The van der Waals surface area contributed by atoms with E-state index in [2.05, 4.69) is 5.32 Å². The maximum atomic E-state index is 13.2. The first kappa shape index (κ1) is 26.9. The van der Waals surface area contributed by atoms with Crippen molar-refractivity contribution in [2.24, 2.45) is 5.41 Å². The highest BCUT2D eigenvalue weighted by atomic mass is 19.1. The molecular weight excluding hydrogens is 477 g/mol. The third-order valence-electron chi connectivity index (χ3n) is 7.61. The molecule has 2 atom stereocenters. The Hall–Kier alpha value is -3.17. The number of ether oxygens (including phenoxy) is 1. The van der Waals surface area contributed by atoms with Crippen molar-refractivity contribution in [3.05, 3.63) is 59.9 Å². The molecular formula is C28H36FN3O5. The molecule has 9 heteroatoms. The molecule has 2 amide bonds. The summed E-state index contributed by atoms with van der Waals surface area (Å²) in [6, 6.07) is 13.4. The van der Waals surface area contributed by atoms with Crippen molar-refractivity contribution in [3.63, 3.8) is 0 Å². The number of amides is 2. The molecule has 0 bridgehead atoms. The quantitative estimate of drug-likeness (QED) is 0.579. The third-order valence-corrected chi connectivity index (χ3v) is 7.61. The van der Waals surface area contributed by atoms with Crippen LogP contribution in [0.25, 0.3) is 0 Å². The highest BCUT2D eigenvalue weighted by molar-refractivity contribution is 5.78. The molecule has 2 aliphatic rings. The van der Waals surface area contributed by atoms with Crippen LogP contribution in [0.4, 0.5) is 10.1 Å². The number of anilines is 1. The summed E-state index contributed by atoms with van der Waals surface area (Å²) in [6.07, 6.45) is 0.139. The molecule has 4 rings (SSSR count). The van der Waals surface area contributed by atoms with Gasteiger partial charge in [0.2, 0.25) is 5.91 Å². The van der Waals surface area contributed by atoms with Crippen molar-refractivity contribution >= 4 is 17.5 Å². The average Bonchev–Trinajstić information content (AvgIpc) is 2.90. The molecule has 1 fully saturated rings. The Morgan fingerprint density at radius 1 is 1.14 bits per heavy atom. The number of para-hydroxylation sites is 1. The van der Waals surface area contributed by atoms with Gasteiger partial charge in [0.05, 0.1) is 12.2 Å². The van der Waals surface area contributed by atoms with Crippen LogP contribution in [0.1, 0.15) is 31.2 Å². The van der Waals surface area contributed by atoms with Gasteiger partial charge >= 0.3 is 0 Å². The Balaban J connectivity index is 1.36. The number of halogens is 1. The summed E-state index contributed by atoms with van der Waals surface area (Å²) in [5, 5.41) is 24.6. The van der Waals surface area contributed by atoms with Crippen molar-refractivity contribution in [1.82, 2.24) is 10.2 Å². The Labute approximate surface area is 217 Å². The molecule has 0 radical (unpaired) electrons. The zero-order valence-corrected chi connectivity index (χ0v) is 21.2. The number of piperidine rings is 1. The number of hydrogen-bond acceptors (Lipinski definition) is 6. The van der Waals surface area contributed by atoms with E-state index in [4.69, 9.17) is 4.74 Å². The van der Waals surface area contributed by atoms with Gasteiger partial charge in [0.25, 0.3) is 5.91 Å². The van der Waals surface area contributed by atoms with Gasteiger partial charge in [-0.1, -0.05) is 18.2 Å². The van der Waals surface area contributed by atoms with Crippen molar-refractivity contribution < 1.29 is 28.9 Å². The number of rotatable bonds is 4. The van der Waals surface area contributed by atoms with E-state index in [9.17, 15) is 24.2 Å². The molecule has 2 aromatic carbocycles. The van der Waals surface area contributed by atoms with E-state index in [1.54, 1.807) is 24.3 Å². The fourth-order valence-corrected chi connectivity index (χ4v) is 5.16. The fourth-order valence-electron chi connectivity index (χ4n) is 5.16. The van der Waals surface area contributed by atoms with Crippen LogP contribution in [0.2, 0.25) is 0 Å². The summed E-state index contributed by atoms with van der Waals surface area (Å²) in [5.41, 5.74) is 1.15. The van der Waals surface area contributed by atoms with Crippen molar-refractivity contribution in [3.8, 4) is 5.75 Å². The number of fused-ring (bicyclic) bond motifs is 1. The summed E-state index contributed by atoms with van der Waals surface area (Å²) in [7, 11) is 1.87. The lowest BCUT2D eigenvalue weighted by molar-refractivity contribution is -0.134. The number of likely N-dealkylation sites (tertiary alicyclic amines) is 1. The largest absolute Gasteiger partial charge is 0.483 e. The van der Waals surface area contributed by atoms with Gasteiger partial charge < -0.3 is 30.1 Å². The number of benzene rings is 2. The Bertz CT molecular complexity index is 1070. The molecule has 2 aliphatic heterocycles. The van der Waals surface area contributed by atoms with Crippen molar-refractivity contribution in [2.45, 2.75) is 44.3 Å². The topological polar surface area (TPSA) is 102 Å². The van der Waals surface area contributed by atoms with E-state index >= 15 is 0 Å². The summed E-state index contributed by atoms with van der Waals surface area (Å²) < 4.78 is 18.9. The van der Waals surface area contributed by atoms with Crippen molar-refractivity contribution in [2.75, 3.05) is 44.7 Å². The fraction of sp³-hybridized carbons (Fsp3) is 0.500. The normalized spacial score (nSPS) is 22.2. The lowest BCUT2D eigenvalue weighted by Gasteiger charge is -2.44. The first-order valence-corrected chi connectivity index (χ1v) is 12.8. The minimum atomic E-state index is -0.976. The minimum absolute atomic E-state index is 0.0339. The van der Waals surface area contributed by atoms with Crippen molar-refractivity contribution in [1.29, 1.82) is 0 Å². The van der Waals surface area contributed by atoms with Crippen LogP contribution in [-0.4, -0.2) is 79.0 Å². The van der Waals surface area contributed by atoms with Gasteiger partial charge in [0, 0.05) is 51.8 Å². The van der Waals surface area contributed by atoms with Gasteiger partial charge in [-0.05, 0) is 60.6 Å². The molecule has 2 aromatic rings. The lowest BCUT2D eigenvalue weighted by atomic mass is 9.73. The monoisotopic (exact) mass is 513 g/mol. The first-order valence-electron chi connectivity index (χ1n) is 12.8. The number of nitrogens with zero attached hydrogens (tertiary/aromatic N) is 2. The number of nitrogens with one attached hydrogen (secondary N) is 1. The molecule has 3 N–H and O–H groups in total. The van der Waals surface area contributed by atoms with Gasteiger partial charge in [0.1, 0.15) is 11.6 Å². The van der Waals surface area contributed by atoms with Crippen LogP contribution >= 0.6 is 0 Å². The molecule has 0 aromatic heterocycles. The van der Waals surface area contributed by atoms with Gasteiger partial charge in [-0.15, -0.1) is 0 Å². The molecule has 0 unspecified atom stereocenters. The number of aliphatic hydroxyl groups is 2. The predicted octanol–water partition coefficient (Wildman–Crippen LogP) is 2.12. The Morgan fingerprint density at radius 3 is 2.57 bits per heavy atom. The van der Waals surface area contributed by atoms with E-state index < -0.39 is 17.6 Å². The standard InChI is InChI=1S/C28H36FN3O5/c1-31(22-8-6-21(29)7-9-22)13-10-27(36)32-14-11-28(12-15-32)17-24(34)23(33)16-20-4-2-3-5-25(20)37-18-26(35)30-19-28/h2-9,23-24,33-34H,10-19H2,1H3,(H,30,35)/t23-,24+/m0/s1. The SMILES string of the molecule is CN(CCC(=O)N1CCC2(CC1)CNC(=O)COc1ccccc1C[C@H](O)[C@H](O)C2)c1ccc(F)cc1. The van der Waals surface area contributed by atoms with E-state index in [1.165, 1.54) is 12.1 Å². The number of aliphatic hydroxyl groups excluding tert-OH is 2. The van der Waals surface area contributed by atoms with Gasteiger partial charge in [0.15, 0.2) is 6.61 Å². The van der Waals surface area contributed by atoms with Gasteiger partial charge in [-0.25, -0.2) is 4.39 Å². The highest BCUT2D eigenvalue weighted by Crippen LogP contribution is 2.37. The van der Waals surface area contributed by atoms with Crippen LogP contribution in [0.5, 0.6) is 5.75 Å². The molecule has 1 saturated heterocycles. The van der Waals surface area contributed by atoms with Gasteiger partial charge in [-0.3, -0.25) is 9.59 Å². The first-order chi connectivity index (χ1) is 17.7. The molecule has 8 nitrogen and oxygen atoms in total. The zero-order chi connectivity index (χ0) is 26.4. The maximum absolute atomic E-state index is 13.2. The van der Waals surface area contributed by atoms with E-state index in [0.29, 0.717) is 57.6 Å². The third kappa shape index (κ3) is 6.99. The molecule has 200 valence electrons. The smallest absolute Gasteiger partial charge is 0.257 e. The Morgan fingerprint density at radius 2 is 1.84 bits per heavy atom. The lowest BCUT2D eigenvalue weighted by Crippen LogP contribution is -2.51. The van der Waals surface area contributed by atoms with Crippen LogP contribution < -0.4 is 15.0 Å². The molecule has 0 saturated carbocycles. The van der Waals surface area contributed by atoms with Gasteiger partial charge in [-0.2, -0.15) is 0 Å². The summed E-state index contributed by atoms with van der Waals surface area (Å²) in [5.74, 6) is 0.0168. The summed E-state index contributed by atoms with van der Waals surface area (Å²) in [4.78, 5) is 29.2. The molecule has 1 spiro atoms. The van der Waals surface area contributed by atoms with Crippen LogP contribution in [0, 0.1) is 11.2 Å². The predicted molar refractivity (Wildman–Crippen MR) is 138 cm³/mol. The summed E-state index contributed by atoms with van der Waals surface area (Å²) >= 11 is 0. The van der Waals surface area contributed by atoms with Crippen LogP contribution in [-0.2, 0) is 16.0 Å². The van der Waals surface area contributed by atoms with Crippen LogP contribution in [0.15, 0.2) is 48.5 Å². The number of carbonyl (C=O) groups is 2. The van der Waals surface area contributed by atoms with E-state index in [1.807, 2.05) is 29.0 Å². The minimum Gasteiger partial charge on any atom is -0.483 e. The van der Waals surface area contributed by atoms with E-state index in [0.717, 1.165) is 11.3 Å². The molecule has 37 heavy (non-hydrogen) atoms. The number of carbonyl (C=O) groups excluding carboxylic acids is 2. The second-order valence-corrected chi connectivity index (χ2v) is 10.2. The number of hydrogen-bond donors (Lipinski definition) is 3. The van der Waals surface area contributed by atoms with Crippen LogP contribution in [0.3, 0.4) is 0 Å².